The van der Waals surface area contributed by atoms with Crippen LogP contribution in [-0.2, 0) is 4.74 Å². The molecule has 0 bridgehead atoms. The summed E-state index contributed by atoms with van der Waals surface area (Å²) < 4.78 is 18.3. The van der Waals surface area contributed by atoms with Crippen LogP contribution in [0.1, 0.15) is 12.0 Å². The van der Waals surface area contributed by atoms with Crippen LogP contribution in [0.25, 0.3) is 6.08 Å². The minimum Gasteiger partial charge on any atom is -0.381 e. The van der Waals surface area contributed by atoms with Gasteiger partial charge in [0.2, 0.25) is 0 Å². The summed E-state index contributed by atoms with van der Waals surface area (Å²) >= 11 is 0. The maximum atomic E-state index is 12.8. The lowest BCUT2D eigenvalue weighted by atomic mass is 10.1. The van der Waals surface area contributed by atoms with Gasteiger partial charge < -0.3 is 9.64 Å². The van der Waals surface area contributed by atoms with Gasteiger partial charge in [-0.1, -0.05) is 24.3 Å². The summed E-state index contributed by atoms with van der Waals surface area (Å²) in [4.78, 5) is 5.04. The number of piperazine rings is 1. The third-order valence-corrected chi connectivity index (χ3v) is 4.55. The van der Waals surface area contributed by atoms with Crippen molar-refractivity contribution in [3.8, 4) is 0 Å². The first kappa shape index (κ1) is 15.7. The highest BCUT2D eigenvalue weighted by Crippen LogP contribution is 2.15. The Morgan fingerprint density at radius 1 is 1.09 bits per heavy atom. The molecule has 120 valence electrons. The molecule has 2 fully saturated rings. The molecule has 0 spiro atoms. The summed E-state index contributed by atoms with van der Waals surface area (Å²) in [5, 5.41) is 0. The lowest BCUT2D eigenvalue weighted by Crippen LogP contribution is -2.47. The predicted octanol–water partition coefficient (Wildman–Crippen LogP) is 2.49. The average Bonchev–Trinajstić information content (AvgIpc) is 3.04. The van der Waals surface area contributed by atoms with Gasteiger partial charge in [0, 0.05) is 45.9 Å². The molecule has 3 rings (SSSR count). The normalized spacial score (nSPS) is 24.3. The van der Waals surface area contributed by atoms with Crippen LogP contribution in [-0.4, -0.2) is 62.3 Å². The number of hydrogen-bond acceptors (Lipinski definition) is 3. The van der Waals surface area contributed by atoms with Gasteiger partial charge in [-0.25, -0.2) is 4.39 Å². The third kappa shape index (κ3) is 4.63. The Morgan fingerprint density at radius 3 is 2.50 bits per heavy atom. The van der Waals surface area contributed by atoms with E-state index in [-0.39, 0.29) is 5.82 Å². The molecule has 3 nitrogen and oxygen atoms in total. The van der Waals surface area contributed by atoms with Crippen molar-refractivity contribution in [2.75, 3.05) is 52.5 Å². The van der Waals surface area contributed by atoms with Crippen molar-refractivity contribution in [2.45, 2.75) is 6.42 Å². The van der Waals surface area contributed by atoms with Crippen LogP contribution in [0, 0.1) is 11.7 Å². The molecule has 0 aliphatic carbocycles. The van der Waals surface area contributed by atoms with Crippen LogP contribution in [0.15, 0.2) is 30.3 Å². The Bertz CT molecular complexity index is 474. The summed E-state index contributed by atoms with van der Waals surface area (Å²) in [7, 11) is 0. The number of halogens is 1. The van der Waals surface area contributed by atoms with Crippen LogP contribution in [0.4, 0.5) is 4.39 Å². The van der Waals surface area contributed by atoms with Crippen LogP contribution in [0.2, 0.25) is 0 Å². The number of nitrogens with zero attached hydrogens (tertiary/aromatic N) is 2. The molecule has 2 saturated heterocycles. The van der Waals surface area contributed by atoms with E-state index in [1.807, 2.05) is 12.1 Å². The highest BCUT2D eigenvalue weighted by molar-refractivity contribution is 5.48. The first-order valence-electron chi connectivity index (χ1n) is 8.24. The van der Waals surface area contributed by atoms with Gasteiger partial charge in [-0.3, -0.25) is 4.90 Å². The fourth-order valence-electron chi connectivity index (χ4n) is 3.16. The van der Waals surface area contributed by atoms with Gasteiger partial charge in [0.25, 0.3) is 0 Å². The first-order valence-corrected chi connectivity index (χ1v) is 8.24. The predicted molar refractivity (Wildman–Crippen MR) is 87.2 cm³/mol. The van der Waals surface area contributed by atoms with Crippen molar-refractivity contribution < 1.29 is 9.13 Å². The van der Waals surface area contributed by atoms with Crippen molar-refractivity contribution >= 4 is 6.08 Å². The van der Waals surface area contributed by atoms with E-state index in [1.165, 1.54) is 25.1 Å². The third-order valence-electron chi connectivity index (χ3n) is 4.55. The zero-order valence-corrected chi connectivity index (χ0v) is 13.1. The topological polar surface area (TPSA) is 15.7 Å². The van der Waals surface area contributed by atoms with E-state index in [0.29, 0.717) is 0 Å². The molecule has 0 radical (unpaired) electrons. The van der Waals surface area contributed by atoms with Crippen LogP contribution in [0.5, 0.6) is 0 Å². The number of hydrogen-bond donors (Lipinski definition) is 0. The van der Waals surface area contributed by atoms with E-state index in [1.54, 1.807) is 0 Å². The Hall–Kier alpha value is -1.23. The Labute approximate surface area is 132 Å². The van der Waals surface area contributed by atoms with Gasteiger partial charge >= 0.3 is 0 Å². The molecule has 2 aliphatic rings. The molecule has 4 heteroatoms. The van der Waals surface area contributed by atoms with E-state index >= 15 is 0 Å². The minimum absolute atomic E-state index is 0.180. The fourth-order valence-corrected chi connectivity index (χ4v) is 3.16. The molecule has 1 aromatic carbocycles. The quantitative estimate of drug-likeness (QED) is 0.831. The summed E-state index contributed by atoms with van der Waals surface area (Å²) in [6.45, 7) is 8.61. The maximum Gasteiger partial charge on any atom is 0.123 e. The average molecular weight is 304 g/mol. The minimum atomic E-state index is -0.180. The van der Waals surface area contributed by atoms with Crippen LogP contribution < -0.4 is 0 Å². The maximum absolute atomic E-state index is 12.8. The molecule has 1 aromatic rings. The Morgan fingerprint density at radius 2 is 1.82 bits per heavy atom. The standard InChI is InChI=1S/C18H25FN2O/c19-18-5-3-16(4-6-18)2-1-8-20-9-11-21(12-10-20)14-17-7-13-22-15-17/h1-6,17H,7-15H2/b2-1+. The molecule has 2 heterocycles. The van der Waals surface area contributed by atoms with Gasteiger partial charge in [-0.15, -0.1) is 0 Å². The lowest BCUT2D eigenvalue weighted by molar-refractivity contribution is 0.117. The van der Waals surface area contributed by atoms with Crippen molar-refractivity contribution in [3.63, 3.8) is 0 Å². The van der Waals surface area contributed by atoms with E-state index < -0.39 is 0 Å². The van der Waals surface area contributed by atoms with Crippen LogP contribution in [0.3, 0.4) is 0 Å². The van der Waals surface area contributed by atoms with Crippen molar-refractivity contribution in [1.29, 1.82) is 0 Å². The molecule has 0 aromatic heterocycles. The molecule has 0 amide bonds. The molecule has 22 heavy (non-hydrogen) atoms. The number of rotatable bonds is 5. The number of benzene rings is 1. The van der Waals surface area contributed by atoms with E-state index in [0.717, 1.165) is 57.4 Å². The van der Waals surface area contributed by atoms with E-state index in [2.05, 4.69) is 22.0 Å². The SMILES string of the molecule is Fc1ccc(/C=C/CN2CCN(CC3CCOC3)CC2)cc1. The summed E-state index contributed by atoms with van der Waals surface area (Å²) in [5.74, 6) is 0.561. The second kappa shape index (κ2) is 7.86. The molecular formula is C18H25FN2O. The zero-order chi connectivity index (χ0) is 15.2. The molecular weight excluding hydrogens is 279 g/mol. The van der Waals surface area contributed by atoms with E-state index in [4.69, 9.17) is 4.74 Å². The summed E-state index contributed by atoms with van der Waals surface area (Å²) in [6, 6.07) is 6.64. The highest BCUT2D eigenvalue weighted by Gasteiger charge is 2.22. The molecule has 1 unspecified atom stereocenters. The van der Waals surface area contributed by atoms with Crippen molar-refractivity contribution in [3.05, 3.63) is 41.7 Å². The van der Waals surface area contributed by atoms with Gasteiger partial charge in [-0.05, 0) is 30.0 Å². The smallest absolute Gasteiger partial charge is 0.123 e. The van der Waals surface area contributed by atoms with Crippen molar-refractivity contribution in [2.24, 2.45) is 5.92 Å². The fraction of sp³-hybridized carbons (Fsp3) is 0.556. The monoisotopic (exact) mass is 304 g/mol. The van der Waals surface area contributed by atoms with Gasteiger partial charge in [0.05, 0.1) is 6.61 Å². The second-order valence-electron chi connectivity index (χ2n) is 6.28. The molecule has 0 saturated carbocycles. The summed E-state index contributed by atoms with van der Waals surface area (Å²) in [5.41, 5.74) is 1.06. The lowest BCUT2D eigenvalue weighted by Gasteiger charge is -2.35. The van der Waals surface area contributed by atoms with Gasteiger partial charge in [0.1, 0.15) is 5.82 Å². The zero-order valence-electron chi connectivity index (χ0n) is 13.1. The molecule has 0 N–H and O–H groups in total. The number of ether oxygens (including phenoxy) is 1. The molecule has 1 atom stereocenters. The van der Waals surface area contributed by atoms with Gasteiger partial charge in [0.15, 0.2) is 0 Å². The first-order chi connectivity index (χ1) is 10.8. The largest absolute Gasteiger partial charge is 0.381 e. The summed E-state index contributed by atoms with van der Waals surface area (Å²) in [6.07, 6.45) is 5.47. The second-order valence-corrected chi connectivity index (χ2v) is 6.28. The highest BCUT2D eigenvalue weighted by atomic mass is 19.1. The molecule has 2 aliphatic heterocycles. The Balaban J connectivity index is 1.37. The van der Waals surface area contributed by atoms with Gasteiger partial charge in [-0.2, -0.15) is 0 Å². The Kier molecular flexibility index (Phi) is 5.59. The van der Waals surface area contributed by atoms with Crippen molar-refractivity contribution in [1.82, 2.24) is 9.80 Å². The van der Waals surface area contributed by atoms with Crippen LogP contribution >= 0.6 is 0 Å². The van der Waals surface area contributed by atoms with E-state index in [9.17, 15) is 4.39 Å².